The number of benzene rings is 4. The summed E-state index contributed by atoms with van der Waals surface area (Å²) in [5.74, 6) is -4.11. The number of aromatic hydroxyl groups is 2. The van der Waals surface area contributed by atoms with Gasteiger partial charge in [0.1, 0.15) is 5.41 Å². The summed E-state index contributed by atoms with van der Waals surface area (Å²) in [7, 11) is 0. The van der Waals surface area contributed by atoms with E-state index in [1.807, 2.05) is 0 Å². The van der Waals surface area contributed by atoms with Gasteiger partial charge in [0.25, 0.3) is 0 Å². The minimum Gasteiger partial charge on any atom is -0.505 e. The minimum atomic E-state index is -5.05. The normalized spacial score (nSPS) is 12.3. The Hall–Kier alpha value is -3.61. The largest absolute Gasteiger partial charge is 0.505 e. The van der Waals surface area contributed by atoms with E-state index in [9.17, 15) is 19.0 Å². The van der Waals surface area contributed by atoms with E-state index in [4.69, 9.17) is 0 Å². The number of hydrogen-bond acceptors (Lipinski definition) is 2. The van der Waals surface area contributed by atoms with Gasteiger partial charge in [0.2, 0.25) is 0 Å². The Morgan fingerprint density at radius 2 is 1.13 bits per heavy atom. The third-order valence-corrected chi connectivity index (χ3v) is 5.38. The van der Waals surface area contributed by atoms with Crippen molar-refractivity contribution in [2.24, 2.45) is 0 Å². The lowest BCUT2D eigenvalue weighted by atomic mass is 9.67. The monoisotopic (exact) mass is 430 g/mol. The van der Waals surface area contributed by atoms with Gasteiger partial charge in [0.05, 0.1) is 0 Å². The first-order valence-corrected chi connectivity index (χ1v) is 9.19. The second kappa shape index (κ2) is 7.27. The molecule has 0 spiro atoms. The highest BCUT2D eigenvalue weighted by molar-refractivity contribution is 5.88. The molecule has 0 saturated carbocycles. The molecule has 0 atom stereocenters. The molecule has 4 aromatic carbocycles. The van der Waals surface area contributed by atoms with Crippen molar-refractivity contribution in [3.63, 3.8) is 0 Å². The van der Waals surface area contributed by atoms with Crippen LogP contribution in [0.1, 0.15) is 16.7 Å². The van der Waals surface area contributed by atoms with E-state index in [1.165, 1.54) is 18.2 Å². The highest BCUT2D eigenvalue weighted by Crippen LogP contribution is 2.53. The maximum absolute atomic E-state index is 15.1. The van der Waals surface area contributed by atoms with Crippen molar-refractivity contribution in [3.8, 4) is 11.5 Å². The summed E-state index contributed by atoms with van der Waals surface area (Å²) in [6.07, 6.45) is -5.05. The highest BCUT2D eigenvalue weighted by Gasteiger charge is 2.59. The molecule has 0 aliphatic rings. The topological polar surface area (TPSA) is 40.5 Å². The van der Waals surface area contributed by atoms with Crippen LogP contribution >= 0.6 is 0 Å². The van der Waals surface area contributed by atoms with Gasteiger partial charge in [-0.1, -0.05) is 54.6 Å². The van der Waals surface area contributed by atoms with Crippen LogP contribution in [0.5, 0.6) is 11.5 Å². The minimum absolute atomic E-state index is 0.240. The van der Waals surface area contributed by atoms with E-state index < -0.39 is 45.9 Å². The molecule has 0 aliphatic carbocycles. The Morgan fingerprint density at radius 1 is 0.613 bits per heavy atom. The molecule has 0 unspecified atom stereocenters. The Kier molecular flexibility index (Phi) is 4.84. The molecule has 31 heavy (non-hydrogen) atoms. The molecule has 4 rings (SSSR count). The lowest BCUT2D eigenvalue weighted by Crippen LogP contribution is -2.45. The summed E-state index contributed by atoms with van der Waals surface area (Å²) in [6.45, 7) is 0. The second-order valence-electron chi connectivity index (χ2n) is 7.11. The average molecular weight is 430 g/mol. The summed E-state index contributed by atoms with van der Waals surface area (Å²) in [5, 5.41) is 19.9. The zero-order valence-electron chi connectivity index (χ0n) is 15.8. The van der Waals surface area contributed by atoms with Gasteiger partial charge in [0.15, 0.2) is 23.1 Å². The fourth-order valence-electron chi connectivity index (χ4n) is 3.99. The third kappa shape index (κ3) is 3.17. The van der Waals surface area contributed by atoms with Crippen molar-refractivity contribution in [1.82, 2.24) is 0 Å². The first-order valence-electron chi connectivity index (χ1n) is 9.19. The average Bonchev–Trinajstić information content (AvgIpc) is 2.73. The molecule has 2 nitrogen and oxygen atoms in total. The van der Waals surface area contributed by atoms with Gasteiger partial charge >= 0.3 is 6.18 Å². The molecule has 0 amide bonds. The summed E-state index contributed by atoms with van der Waals surface area (Å²) in [6, 6.07) is 15.4. The van der Waals surface area contributed by atoms with Crippen LogP contribution in [-0.2, 0) is 5.41 Å². The fraction of sp³-hybridized carbons (Fsp3) is 0.0833. The fourth-order valence-corrected chi connectivity index (χ4v) is 3.99. The zero-order valence-corrected chi connectivity index (χ0v) is 15.8. The van der Waals surface area contributed by atoms with E-state index in [1.54, 1.807) is 24.3 Å². The smallest absolute Gasteiger partial charge is 0.406 e. The predicted octanol–water partition coefficient (Wildman–Crippen LogP) is 6.43. The summed E-state index contributed by atoms with van der Waals surface area (Å²) < 4.78 is 73.7. The first-order chi connectivity index (χ1) is 14.7. The lowest BCUT2D eigenvalue weighted by Gasteiger charge is -2.38. The third-order valence-electron chi connectivity index (χ3n) is 5.38. The molecule has 0 heterocycles. The standard InChI is InChI=1S/C24H15F5O2/c25-19-12-15(8-10-21(19)30)23(24(27,28)29,16-9-11-22(31)20(26)13-16)18-7-3-5-14-4-1-2-6-17(14)18/h1-13,30-31H. The number of halogens is 5. The van der Waals surface area contributed by atoms with Gasteiger partial charge in [-0.15, -0.1) is 0 Å². The van der Waals surface area contributed by atoms with E-state index in [0.29, 0.717) is 17.5 Å². The van der Waals surface area contributed by atoms with Crippen LogP contribution in [-0.4, -0.2) is 16.4 Å². The molecule has 0 radical (unpaired) electrons. The number of phenols is 2. The second-order valence-corrected chi connectivity index (χ2v) is 7.11. The highest BCUT2D eigenvalue weighted by atomic mass is 19.4. The lowest BCUT2D eigenvalue weighted by molar-refractivity contribution is -0.166. The van der Waals surface area contributed by atoms with Crippen LogP contribution < -0.4 is 0 Å². The van der Waals surface area contributed by atoms with Crippen LogP contribution in [0.2, 0.25) is 0 Å². The van der Waals surface area contributed by atoms with Gasteiger partial charge in [-0.2, -0.15) is 13.2 Å². The number of hydrogen-bond donors (Lipinski definition) is 2. The predicted molar refractivity (Wildman–Crippen MR) is 106 cm³/mol. The van der Waals surface area contributed by atoms with Crippen molar-refractivity contribution in [2.45, 2.75) is 11.6 Å². The molecule has 0 aliphatic heterocycles. The Bertz CT molecular complexity index is 1220. The maximum Gasteiger partial charge on any atom is 0.406 e. The SMILES string of the molecule is Oc1ccc(C(c2ccc(O)c(F)c2)(c2cccc3ccccc23)C(F)(F)F)cc1F. The first kappa shape index (κ1) is 20.7. The molecule has 158 valence electrons. The van der Waals surface area contributed by atoms with Crippen LogP contribution in [0.3, 0.4) is 0 Å². The summed E-state index contributed by atoms with van der Waals surface area (Å²) >= 11 is 0. The van der Waals surface area contributed by atoms with E-state index >= 15 is 13.2 Å². The van der Waals surface area contributed by atoms with Gasteiger partial charge in [-0.3, -0.25) is 0 Å². The van der Waals surface area contributed by atoms with Crippen molar-refractivity contribution in [3.05, 3.63) is 107 Å². The van der Waals surface area contributed by atoms with E-state index in [2.05, 4.69) is 0 Å². The number of rotatable bonds is 3. The molecule has 0 fully saturated rings. The quantitative estimate of drug-likeness (QED) is 0.291. The maximum atomic E-state index is 15.1. The Labute approximate surface area is 173 Å². The molecular formula is C24H15F5O2. The molecule has 0 bridgehead atoms. The van der Waals surface area contributed by atoms with Crippen LogP contribution in [0.25, 0.3) is 10.8 Å². The summed E-state index contributed by atoms with van der Waals surface area (Å²) in [4.78, 5) is 0. The van der Waals surface area contributed by atoms with Gasteiger partial charge in [0, 0.05) is 0 Å². The number of phenolic OH excluding ortho intramolecular Hbond substituents is 2. The molecule has 0 aromatic heterocycles. The van der Waals surface area contributed by atoms with Crippen molar-refractivity contribution < 1.29 is 32.2 Å². The van der Waals surface area contributed by atoms with Gasteiger partial charge in [-0.05, 0) is 51.7 Å². The van der Waals surface area contributed by atoms with Crippen molar-refractivity contribution in [2.75, 3.05) is 0 Å². The van der Waals surface area contributed by atoms with Gasteiger partial charge in [-0.25, -0.2) is 8.78 Å². The zero-order chi connectivity index (χ0) is 22.4. The van der Waals surface area contributed by atoms with Crippen LogP contribution in [0, 0.1) is 11.6 Å². The molecular weight excluding hydrogens is 415 g/mol. The molecule has 2 N–H and O–H groups in total. The Morgan fingerprint density at radius 3 is 1.65 bits per heavy atom. The number of fused-ring (bicyclic) bond motifs is 1. The van der Waals surface area contributed by atoms with E-state index in [0.717, 1.165) is 24.3 Å². The van der Waals surface area contributed by atoms with Crippen LogP contribution in [0.4, 0.5) is 22.0 Å². The molecule has 0 saturated heterocycles. The Balaban J connectivity index is 2.22. The van der Waals surface area contributed by atoms with Crippen molar-refractivity contribution >= 4 is 10.8 Å². The molecule has 7 heteroatoms. The van der Waals surface area contributed by atoms with Gasteiger partial charge < -0.3 is 10.2 Å². The van der Waals surface area contributed by atoms with E-state index in [-0.39, 0.29) is 10.9 Å². The van der Waals surface area contributed by atoms with Crippen molar-refractivity contribution in [1.29, 1.82) is 0 Å². The van der Waals surface area contributed by atoms with Crippen LogP contribution in [0.15, 0.2) is 78.9 Å². The number of alkyl halides is 3. The summed E-state index contributed by atoms with van der Waals surface area (Å²) in [5.41, 5.74) is -4.32. The molecule has 4 aromatic rings.